The maximum atomic E-state index is 13.0. The van der Waals surface area contributed by atoms with Gasteiger partial charge < -0.3 is 5.32 Å². The van der Waals surface area contributed by atoms with Crippen molar-refractivity contribution in [3.8, 4) is 0 Å². The number of carbonyl (C=O) groups is 2. The lowest BCUT2D eigenvalue weighted by atomic mass is 9.83. The number of benzene rings is 3. The minimum Gasteiger partial charge on any atom is -0.355 e. The molecule has 1 aliphatic rings. The van der Waals surface area contributed by atoms with Gasteiger partial charge in [-0.05, 0) is 29.7 Å². The lowest BCUT2D eigenvalue weighted by Crippen LogP contribution is -2.22. The Bertz CT molecular complexity index is 1020. The first-order valence-corrected chi connectivity index (χ1v) is 8.74. The molecule has 0 spiro atoms. The van der Waals surface area contributed by atoms with Crippen LogP contribution in [0.15, 0.2) is 66.7 Å². The molecule has 0 fully saturated rings. The van der Waals surface area contributed by atoms with Gasteiger partial charge in [0.2, 0.25) is 0 Å². The number of anilines is 2. The second kappa shape index (κ2) is 6.26. The Labute approximate surface area is 152 Å². The van der Waals surface area contributed by atoms with Crippen molar-refractivity contribution in [3.63, 3.8) is 0 Å². The summed E-state index contributed by atoms with van der Waals surface area (Å²) in [6.07, 6.45) is 0. The van der Waals surface area contributed by atoms with Gasteiger partial charge in [-0.2, -0.15) is 0 Å². The van der Waals surface area contributed by atoms with E-state index >= 15 is 0 Å². The van der Waals surface area contributed by atoms with Crippen LogP contribution >= 0.6 is 0 Å². The van der Waals surface area contributed by atoms with Crippen molar-refractivity contribution in [2.45, 2.75) is 19.8 Å². The van der Waals surface area contributed by atoms with Crippen molar-refractivity contribution in [3.05, 3.63) is 94.5 Å². The van der Waals surface area contributed by atoms with Crippen molar-refractivity contribution < 1.29 is 9.59 Å². The van der Waals surface area contributed by atoms with E-state index in [1.807, 2.05) is 24.3 Å². The maximum absolute atomic E-state index is 13.0. The van der Waals surface area contributed by atoms with Gasteiger partial charge in [0.25, 0.3) is 0 Å². The molecule has 0 saturated heterocycles. The molecule has 1 N–H and O–H groups in total. The van der Waals surface area contributed by atoms with Gasteiger partial charge >= 0.3 is 0 Å². The van der Waals surface area contributed by atoms with Crippen LogP contribution in [0.3, 0.4) is 0 Å². The number of fused-ring (bicyclic) bond motifs is 2. The van der Waals surface area contributed by atoms with Crippen LogP contribution in [0.25, 0.3) is 0 Å². The zero-order chi connectivity index (χ0) is 18.3. The molecule has 1 aliphatic carbocycles. The molecule has 0 radical (unpaired) electrons. The number of nitrogens with one attached hydrogen (secondary N) is 1. The average molecular weight is 341 g/mol. The maximum Gasteiger partial charge on any atom is 0.196 e. The third-order valence-electron chi connectivity index (χ3n) is 4.81. The van der Waals surface area contributed by atoms with E-state index in [0.29, 0.717) is 33.9 Å². The molecule has 0 unspecified atom stereocenters. The van der Waals surface area contributed by atoms with E-state index in [1.54, 1.807) is 30.3 Å². The SMILES string of the molecule is CC(C)c1ccc(Nc2cccc3c2C(=O)c2ccccc2C3=O)cc1. The van der Waals surface area contributed by atoms with E-state index in [2.05, 4.69) is 31.3 Å². The predicted molar refractivity (Wildman–Crippen MR) is 104 cm³/mol. The smallest absolute Gasteiger partial charge is 0.196 e. The average Bonchev–Trinajstić information content (AvgIpc) is 2.66. The summed E-state index contributed by atoms with van der Waals surface area (Å²) in [4.78, 5) is 25.8. The fraction of sp³-hybridized carbons (Fsp3) is 0.130. The predicted octanol–water partition coefficient (Wildman–Crippen LogP) is 5.33. The van der Waals surface area contributed by atoms with Gasteiger partial charge in [-0.25, -0.2) is 0 Å². The van der Waals surface area contributed by atoms with Crippen molar-refractivity contribution in [1.82, 2.24) is 0 Å². The van der Waals surface area contributed by atoms with Crippen molar-refractivity contribution in [2.75, 3.05) is 5.32 Å². The summed E-state index contributed by atoms with van der Waals surface area (Å²) in [5.41, 5.74) is 4.65. The fourth-order valence-electron chi connectivity index (χ4n) is 3.36. The Balaban J connectivity index is 1.76. The molecule has 0 aliphatic heterocycles. The van der Waals surface area contributed by atoms with Gasteiger partial charge in [-0.15, -0.1) is 0 Å². The largest absolute Gasteiger partial charge is 0.355 e. The first-order valence-electron chi connectivity index (χ1n) is 8.74. The molecule has 0 atom stereocenters. The number of hydrogen-bond acceptors (Lipinski definition) is 3. The Morgan fingerprint density at radius 1 is 0.692 bits per heavy atom. The first kappa shape index (κ1) is 16.3. The first-order chi connectivity index (χ1) is 12.6. The Kier molecular flexibility index (Phi) is 3.92. The second-order valence-corrected chi connectivity index (χ2v) is 6.83. The quantitative estimate of drug-likeness (QED) is 0.548. The summed E-state index contributed by atoms with van der Waals surface area (Å²) in [5.74, 6) is 0.246. The monoisotopic (exact) mass is 341 g/mol. The summed E-state index contributed by atoms with van der Waals surface area (Å²) < 4.78 is 0. The molecule has 0 saturated carbocycles. The highest BCUT2D eigenvalue weighted by Crippen LogP contribution is 2.33. The second-order valence-electron chi connectivity index (χ2n) is 6.83. The summed E-state index contributed by atoms with van der Waals surface area (Å²) in [6.45, 7) is 4.30. The Morgan fingerprint density at radius 3 is 1.96 bits per heavy atom. The van der Waals surface area contributed by atoms with Gasteiger partial charge in [0.1, 0.15) is 0 Å². The van der Waals surface area contributed by atoms with Gasteiger partial charge in [-0.1, -0.05) is 62.4 Å². The zero-order valence-corrected chi connectivity index (χ0v) is 14.7. The van der Waals surface area contributed by atoms with Crippen LogP contribution in [0.2, 0.25) is 0 Å². The molecule has 4 rings (SSSR count). The molecule has 0 aromatic heterocycles. The van der Waals surface area contributed by atoms with E-state index < -0.39 is 0 Å². The van der Waals surface area contributed by atoms with Crippen molar-refractivity contribution >= 4 is 22.9 Å². The van der Waals surface area contributed by atoms with Gasteiger partial charge in [0, 0.05) is 22.4 Å². The number of ketones is 2. The molecule has 26 heavy (non-hydrogen) atoms. The highest BCUT2D eigenvalue weighted by Gasteiger charge is 2.31. The molecule has 0 heterocycles. The Hall–Kier alpha value is -3.20. The van der Waals surface area contributed by atoms with Crippen molar-refractivity contribution in [1.29, 1.82) is 0 Å². The fourth-order valence-corrected chi connectivity index (χ4v) is 3.36. The van der Waals surface area contributed by atoms with Crippen LogP contribution in [0.4, 0.5) is 11.4 Å². The third-order valence-corrected chi connectivity index (χ3v) is 4.81. The van der Waals surface area contributed by atoms with Crippen LogP contribution in [-0.4, -0.2) is 11.6 Å². The highest BCUT2D eigenvalue weighted by atomic mass is 16.1. The molecule has 3 aromatic rings. The molecule has 3 aromatic carbocycles. The van der Waals surface area contributed by atoms with E-state index in [4.69, 9.17) is 0 Å². The molecule has 3 heteroatoms. The normalized spacial score (nSPS) is 12.7. The standard InChI is InChI=1S/C23H19NO2/c1-14(2)15-10-12-16(13-11-15)24-20-9-5-8-19-21(20)23(26)18-7-4-3-6-17(18)22(19)25/h3-14,24H,1-2H3. The molecular weight excluding hydrogens is 322 g/mol. The molecule has 3 nitrogen and oxygen atoms in total. The van der Waals surface area contributed by atoms with Crippen molar-refractivity contribution in [2.24, 2.45) is 0 Å². The van der Waals surface area contributed by atoms with E-state index in [9.17, 15) is 9.59 Å². The van der Waals surface area contributed by atoms with Gasteiger partial charge in [0.15, 0.2) is 11.6 Å². The minimum atomic E-state index is -0.114. The summed E-state index contributed by atoms with van der Waals surface area (Å²) >= 11 is 0. The van der Waals surface area contributed by atoms with Crippen LogP contribution in [-0.2, 0) is 0 Å². The summed E-state index contributed by atoms with van der Waals surface area (Å²) in [5, 5.41) is 3.31. The van der Waals surface area contributed by atoms with E-state index in [0.717, 1.165) is 5.69 Å². The van der Waals surface area contributed by atoms with E-state index in [-0.39, 0.29) is 11.6 Å². The zero-order valence-electron chi connectivity index (χ0n) is 14.7. The van der Waals surface area contributed by atoms with Crippen LogP contribution in [0.1, 0.15) is 57.2 Å². The topological polar surface area (TPSA) is 46.2 Å². The lowest BCUT2D eigenvalue weighted by Gasteiger charge is -2.20. The Morgan fingerprint density at radius 2 is 1.31 bits per heavy atom. The molecule has 0 amide bonds. The number of carbonyl (C=O) groups excluding carboxylic acids is 2. The minimum absolute atomic E-state index is 0.103. The van der Waals surface area contributed by atoms with E-state index in [1.165, 1.54) is 5.56 Å². The third kappa shape index (κ3) is 2.62. The lowest BCUT2D eigenvalue weighted by molar-refractivity contribution is 0.0979. The summed E-state index contributed by atoms with van der Waals surface area (Å²) in [6, 6.07) is 20.5. The van der Waals surface area contributed by atoms with Crippen LogP contribution in [0.5, 0.6) is 0 Å². The van der Waals surface area contributed by atoms with Gasteiger partial charge in [-0.3, -0.25) is 9.59 Å². The highest BCUT2D eigenvalue weighted by molar-refractivity contribution is 6.30. The summed E-state index contributed by atoms with van der Waals surface area (Å²) in [7, 11) is 0. The molecule has 0 bridgehead atoms. The van der Waals surface area contributed by atoms with Crippen LogP contribution < -0.4 is 5.32 Å². The number of hydrogen-bond donors (Lipinski definition) is 1. The van der Waals surface area contributed by atoms with Gasteiger partial charge in [0.05, 0.1) is 11.3 Å². The number of rotatable bonds is 3. The molecule has 128 valence electrons. The van der Waals surface area contributed by atoms with Crippen LogP contribution in [0, 0.1) is 0 Å². The molecular formula is C23H19NO2.